The smallest absolute Gasteiger partial charge is 0.303 e. The van der Waals surface area contributed by atoms with E-state index in [-0.39, 0.29) is 35.7 Å². The molecule has 5 aliphatic carbocycles. The summed E-state index contributed by atoms with van der Waals surface area (Å²) in [7, 11) is 0. The van der Waals surface area contributed by atoms with Crippen LogP contribution in [-0.2, 0) is 28.5 Å². The molecule has 0 spiro atoms. The number of aliphatic hydroxyl groups is 4. The van der Waals surface area contributed by atoms with Crippen LogP contribution >= 0.6 is 0 Å². The lowest BCUT2D eigenvalue weighted by Crippen LogP contribution is -2.73. The van der Waals surface area contributed by atoms with Crippen LogP contribution < -0.4 is 0 Å². The zero-order valence-electron chi connectivity index (χ0n) is 26.9. The molecule has 7 rings (SSSR count). The van der Waals surface area contributed by atoms with Crippen LogP contribution in [0.15, 0.2) is 24.2 Å². The van der Waals surface area contributed by atoms with Crippen molar-refractivity contribution in [2.75, 3.05) is 0 Å². The molecule has 2 heterocycles. The minimum atomic E-state index is -1.50. The number of hydrogen-bond donors (Lipinski definition) is 4. The topological polar surface area (TPSA) is 155 Å². The van der Waals surface area contributed by atoms with Crippen LogP contribution in [0.5, 0.6) is 0 Å². The van der Waals surface area contributed by atoms with Gasteiger partial charge in [0, 0.05) is 30.6 Å². The molecule has 1 unspecified atom stereocenters. The Morgan fingerprint density at radius 2 is 1.50 bits per heavy atom. The summed E-state index contributed by atoms with van der Waals surface area (Å²) in [6.45, 7) is 18.5. The van der Waals surface area contributed by atoms with Crippen LogP contribution in [0.3, 0.4) is 0 Å². The molecule has 4 saturated carbocycles. The molecule has 44 heavy (non-hydrogen) atoms. The number of ether oxygens (including phenoxy) is 4. The van der Waals surface area contributed by atoms with Crippen molar-refractivity contribution in [2.24, 2.45) is 63.6 Å². The number of fused-ring (bicyclic) bond motifs is 10. The molecule has 0 radical (unpaired) electrons. The van der Waals surface area contributed by atoms with Crippen molar-refractivity contribution in [3.05, 3.63) is 24.2 Å². The van der Waals surface area contributed by atoms with Gasteiger partial charge in [-0.2, -0.15) is 0 Å². The van der Waals surface area contributed by atoms with Gasteiger partial charge >= 0.3 is 11.9 Å². The number of allylic oxidation sites excluding steroid dienone is 1. The summed E-state index contributed by atoms with van der Waals surface area (Å²) in [6, 6.07) is 0. The minimum absolute atomic E-state index is 0.144. The van der Waals surface area contributed by atoms with E-state index in [1.54, 1.807) is 6.92 Å². The number of aliphatic hydroxyl groups excluding tert-OH is 3. The summed E-state index contributed by atoms with van der Waals surface area (Å²) in [5.41, 5.74) is -4.27. The van der Waals surface area contributed by atoms with Crippen molar-refractivity contribution in [3.8, 4) is 0 Å². The second-order valence-electron chi connectivity index (χ2n) is 16.0. The van der Waals surface area contributed by atoms with Crippen LogP contribution in [0.1, 0.15) is 61.8 Å². The lowest BCUT2D eigenvalue weighted by atomic mass is 9.39. The molecule has 4 N–H and O–H groups in total. The summed E-state index contributed by atoms with van der Waals surface area (Å²) >= 11 is 0. The molecular formula is C34H48O10. The fourth-order valence-corrected chi connectivity index (χ4v) is 12.5. The van der Waals surface area contributed by atoms with E-state index < -0.39 is 93.9 Å². The van der Waals surface area contributed by atoms with Crippen LogP contribution in [0.4, 0.5) is 0 Å². The monoisotopic (exact) mass is 616 g/mol. The summed E-state index contributed by atoms with van der Waals surface area (Å²) in [5, 5.41) is 48.6. The average Bonchev–Trinajstić information content (AvgIpc) is 3.61. The Kier molecular flexibility index (Phi) is 6.33. The van der Waals surface area contributed by atoms with Gasteiger partial charge < -0.3 is 39.4 Å². The van der Waals surface area contributed by atoms with E-state index in [9.17, 15) is 30.0 Å². The zero-order chi connectivity index (χ0) is 32.2. The standard InChI is InChI=1S/C34H48O10/c1-12-10-19-33(8,34(9,40)14(3)41-19)24-21(12)32(7)23(27(24)39)20-22(13(2)29(32)42-15(4)35)31(6)17(25(37)26(20)38)11-18-28(44-18)30(31)43-16(5)36/h10,12-13,17-18,20-30,37-40H,3,11H2,1-2,4-9H3/t12-,13+,17-,18+,20-,21+,22?,23-,24+,25+,26-,27-,28+,29+,30+,31+,32-,33+,34-/m1/s1. The first-order valence-electron chi connectivity index (χ1n) is 16.2. The van der Waals surface area contributed by atoms with Gasteiger partial charge in [0.05, 0.1) is 29.8 Å². The molecule has 6 fully saturated rings. The third kappa shape index (κ3) is 3.34. The average molecular weight is 617 g/mol. The predicted octanol–water partition coefficient (Wildman–Crippen LogP) is 2.33. The van der Waals surface area contributed by atoms with Gasteiger partial charge in [-0.15, -0.1) is 0 Å². The molecule has 10 nitrogen and oxygen atoms in total. The first-order chi connectivity index (χ1) is 20.4. The predicted molar refractivity (Wildman–Crippen MR) is 155 cm³/mol. The minimum Gasteiger partial charge on any atom is -0.463 e. The molecule has 0 aromatic rings. The molecule has 0 aromatic heterocycles. The Hall–Kier alpha value is -1.98. The Bertz CT molecular complexity index is 1340. The molecule has 0 aromatic carbocycles. The van der Waals surface area contributed by atoms with Crippen LogP contribution in [-0.4, -0.2) is 80.7 Å². The number of epoxide rings is 1. The summed E-state index contributed by atoms with van der Waals surface area (Å²) < 4.78 is 24.4. The van der Waals surface area contributed by atoms with Crippen molar-refractivity contribution in [2.45, 2.75) is 110 Å². The van der Waals surface area contributed by atoms with E-state index in [1.807, 2.05) is 33.8 Å². The zero-order valence-corrected chi connectivity index (χ0v) is 26.9. The van der Waals surface area contributed by atoms with Crippen molar-refractivity contribution in [1.29, 1.82) is 0 Å². The summed E-state index contributed by atoms with van der Waals surface area (Å²) in [5.74, 6) is -3.60. The van der Waals surface area contributed by atoms with E-state index in [0.29, 0.717) is 12.2 Å². The van der Waals surface area contributed by atoms with Crippen LogP contribution in [0.25, 0.3) is 0 Å². The third-order valence-corrected chi connectivity index (χ3v) is 14.3. The number of carbonyl (C=O) groups is 2. The highest BCUT2D eigenvalue weighted by atomic mass is 16.6. The van der Waals surface area contributed by atoms with Gasteiger partial charge in [0.15, 0.2) is 0 Å². The van der Waals surface area contributed by atoms with Crippen LogP contribution in [0, 0.1) is 63.6 Å². The molecule has 19 atom stereocenters. The molecule has 7 aliphatic rings. The maximum atomic E-state index is 12.9. The fourth-order valence-electron chi connectivity index (χ4n) is 12.5. The molecule has 0 amide bonds. The first kappa shape index (κ1) is 30.7. The van der Waals surface area contributed by atoms with E-state index in [4.69, 9.17) is 18.9 Å². The number of hydrogen-bond acceptors (Lipinski definition) is 10. The van der Waals surface area contributed by atoms with E-state index in [0.717, 1.165) is 0 Å². The van der Waals surface area contributed by atoms with Crippen LogP contribution in [0.2, 0.25) is 0 Å². The van der Waals surface area contributed by atoms with Crippen molar-refractivity contribution in [1.82, 2.24) is 0 Å². The quantitative estimate of drug-likeness (QED) is 0.268. The van der Waals surface area contributed by atoms with Gasteiger partial charge in [-0.05, 0) is 67.8 Å². The van der Waals surface area contributed by atoms with E-state index in [1.165, 1.54) is 13.8 Å². The fraction of sp³-hybridized carbons (Fsp3) is 0.824. The Labute approximate surface area is 258 Å². The van der Waals surface area contributed by atoms with E-state index in [2.05, 4.69) is 13.5 Å². The summed E-state index contributed by atoms with van der Waals surface area (Å²) in [6.07, 6.45) is -2.76. The second kappa shape index (κ2) is 9.09. The molecule has 10 heteroatoms. The van der Waals surface area contributed by atoms with Crippen molar-refractivity contribution < 1.29 is 49.0 Å². The van der Waals surface area contributed by atoms with Gasteiger partial charge in [0.25, 0.3) is 0 Å². The first-order valence-corrected chi connectivity index (χ1v) is 16.2. The maximum absolute atomic E-state index is 12.9. The van der Waals surface area contributed by atoms with Crippen molar-refractivity contribution in [3.63, 3.8) is 0 Å². The highest BCUT2D eigenvalue weighted by Gasteiger charge is 2.81. The van der Waals surface area contributed by atoms with Gasteiger partial charge in [0.2, 0.25) is 0 Å². The second-order valence-corrected chi connectivity index (χ2v) is 16.0. The SMILES string of the molecule is C=C1OC2=C[C@@H](C)[C@H]3[C@@H]([C@H](O)[C@H]4[C@H]5C([C@H](C)[C@H](OC(C)=O)[C@]34C)[C@]3(C)[C@H](C[C@@H]4O[C@@H]4[C@@H]3OC(C)=O)[C@H](O)[C@@H]5O)[C@@]2(C)[C@]1(C)O. The largest absolute Gasteiger partial charge is 0.463 e. The highest BCUT2D eigenvalue weighted by molar-refractivity contribution is 5.67. The number of rotatable bonds is 2. The molecule has 244 valence electrons. The Morgan fingerprint density at radius 1 is 0.886 bits per heavy atom. The van der Waals surface area contributed by atoms with Gasteiger partial charge in [-0.1, -0.05) is 34.3 Å². The van der Waals surface area contributed by atoms with Crippen molar-refractivity contribution >= 4 is 11.9 Å². The third-order valence-electron chi connectivity index (χ3n) is 14.3. The lowest BCUT2D eigenvalue weighted by molar-refractivity contribution is -0.283. The number of carbonyl (C=O) groups excluding carboxylic acids is 2. The maximum Gasteiger partial charge on any atom is 0.303 e. The molecule has 2 aliphatic heterocycles. The molecule has 2 saturated heterocycles. The Morgan fingerprint density at radius 3 is 2.11 bits per heavy atom. The highest BCUT2D eigenvalue weighted by Crippen LogP contribution is 2.76. The normalized spacial score (nSPS) is 59.9. The van der Waals surface area contributed by atoms with Gasteiger partial charge in [-0.25, -0.2) is 0 Å². The van der Waals surface area contributed by atoms with Gasteiger partial charge in [-0.3, -0.25) is 9.59 Å². The number of esters is 2. The van der Waals surface area contributed by atoms with E-state index >= 15 is 0 Å². The van der Waals surface area contributed by atoms with Gasteiger partial charge in [0.1, 0.15) is 35.4 Å². The lowest BCUT2D eigenvalue weighted by Gasteiger charge is -2.67. The Balaban J connectivity index is 1.45. The molecular weight excluding hydrogens is 568 g/mol. The molecule has 0 bridgehead atoms. The summed E-state index contributed by atoms with van der Waals surface area (Å²) in [4.78, 5) is 25.3.